The molecule has 4 nitrogen and oxygen atoms in total. The third-order valence-electron chi connectivity index (χ3n) is 2.32. The van der Waals surface area contributed by atoms with Crippen LogP contribution in [-0.4, -0.2) is 16.6 Å². The van der Waals surface area contributed by atoms with Crippen molar-refractivity contribution in [1.82, 2.24) is 4.98 Å². The summed E-state index contributed by atoms with van der Waals surface area (Å²) in [6.45, 7) is 0. The van der Waals surface area contributed by atoms with Crippen molar-refractivity contribution in [1.29, 1.82) is 0 Å². The molecule has 1 heterocycles. The Morgan fingerprint density at radius 3 is 2.89 bits per heavy atom. The molecular formula is C13H12IN3OS. The largest absolute Gasteiger partial charge is 0.397 e. The number of amides is 1. The molecule has 1 amide bonds. The number of nitrogen functional groups attached to an aromatic ring is 1. The Balaban J connectivity index is 1.92. The van der Waals surface area contributed by atoms with Crippen molar-refractivity contribution in [3.05, 3.63) is 46.3 Å². The van der Waals surface area contributed by atoms with Crippen molar-refractivity contribution in [2.24, 2.45) is 0 Å². The molecule has 98 valence electrons. The van der Waals surface area contributed by atoms with Crippen LogP contribution in [0.1, 0.15) is 0 Å². The van der Waals surface area contributed by atoms with Gasteiger partial charge in [0.25, 0.3) is 0 Å². The van der Waals surface area contributed by atoms with Gasteiger partial charge >= 0.3 is 0 Å². The van der Waals surface area contributed by atoms with E-state index in [1.807, 2.05) is 24.3 Å². The number of nitrogens with one attached hydrogen (secondary N) is 1. The van der Waals surface area contributed by atoms with Gasteiger partial charge in [-0.2, -0.15) is 0 Å². The molecule has 0 saturated heterocycles. The summed E-state index contributed by atoms with van der Waals surface area (Å²) >= 11 is 3.59. The van der Waals surface area contributed by atoms with Crippen LogP contribution in [0.25, 0.3) is 0 Å². The van der Waals surface area contributed by atoms with Crippen LogP contribution in [0, 0.1) is 3.57 Å². The molecule has 6 heteroatoms. The number of carbonyl (C=O) groups is 1. The molecule has 0 radical (unpaired) electrons. The van der Waals surface area contributed by atoms with Crippen LogP contribution >= 0.6 is 34.4 Å². The second kappa shape index (κ2) is 6.76. The predicted molar refractivity (Wildman–Crippen MR) is 87.2 cm³/mol. The molecule has 0 atom stereocenters. The number of hydrogen-bond donors (Lipinski definition) is 2. The van der Waals surface area contributed by atoms with Crippen molar-refractivity contribution in [3.63, 3.8) is 0 Å². The molecule has 3 N–H and O–H groups in total. The minimum Gasteiger partial charge on any atom is -0.397 e. The number of benzene rings is 1. The molecule has 2 rings (SSSR count). The monoisotopic (exact) mass is 385 g/mol. The van der Waals surface area contributed by atoms with E-state index in [0.29, 0.717) is 11.4 Å². The number of nitrogens with zero attached hydrogens (tertiary/aromatic N) is 1. The molecular weight excluding hydrogens is 373 g/mol. The van der Waals surface area contributed by atoms with Crippen LogP contribution in [0.15, 0.2) is 47.6 Å². The predicted octanol–water partition coefficient (Wildman–Crippen LogP) is 3.00. The number of nitrogens with two attached hydrogens (primary N) is 1. The van der Waals surface area contributed by atoms with Gasteiger partial charge in [0.15, 0.2) is 0 Å². The van der Waals surface area contributed by atoms with Gasteiger partial charge in [-0.05, 0) is 40.8 Å². The van der Waals surface area contributed by atoms with E-state index in [-0.39, 0.29) is 5.91 Å². The van der Waals surface area contributed by atoms with Crippen LogP contribution in [0.5, 0.6) is 0 Å². The average molecular weight is 385 g/mol. The SMILES string of the molecule is Nc1cnccc1SCC(=O)Nc1ccccc1I. The van der Waals surface area contributed by atoms with Crippen molar-refractivity contribution < 1.29 is 4.79 Å². The highest BCUT2D eigenvalue weighted by Crippen LogP contribution is 2.24. The summed E-state index contributed by atoms with van der Waals surface area (Å²) in [5.74, 6) is 0.268. The first-order valence-electron chi connectivity index (χ1n) is 5.53. The number of carbonyl (C=O) groups excluding carboxylic acids is 1. The van der Waals surface area contributed by atoms with E-state index in [2.05, 4.69) is 32.9 Å². The van der Waals surface area contributed by atoms with Gasteiger partial charge in [0.05, 0.1) is 23.3 Å². The molecule has 2 aromatic rings. The maximum Gasteiger partial charge on any atom is 0.234 e. The molecule has 0 unspecified atom stereocenters. The Kier molecular flexibility index (Phi) is 5.03. The Hall–Kier alpha value is -1.28. The smallest absolute Gasteiger partial charge is 0.234 e. The first kappa shape index (κ1) is 14.1. The van der Waals surface area contributed by atoms with Crippen molar-refractivity contribution >= 4 is 51.6 Å². The zero-order valence-corrected chi connectivity index (χ0v) is 12.9. The molecule has 1 aromatic heterocycles. The zero-order valence-electron chi connectivity index (χ0n) is 9.97. The lowest BCUT2D eigenvalue weighted by Crippen LogP contribution is -2.14. The Morgan fingerprint density at radius 1 is 1.37 bits per heavy atom. The van der Waals surface area contributed by atoms with Crippen LogP contribution < -0.4 is 11.1 Å². The lowest BCUT2D eigenvalue weighted by atomic mass is 10.3. The molecule has 0 aliphatic heterocycles. The highest BCUT2D eigenvalue weighted by atomic mass is 127. The van der Waals surface area contributed by atoms with E-state index in [9.17, 15) is 4.79 Å². The molecule has 0 fully saturated rings. The fourth-order valence-electron chi connectivity index (χ4n) is 1.42. The van der Waals surface area contributed by atoms with Gasteiger partial charge < -0.3 is 11.1 Å². The number of anilines is 2. The van der Waals surface area contributed by atoms with E-state index in [1.165, 1.54) is 11.8 Å². The highest BCUT2D eigenvalue weighted by Gasteiger charge is 2.07. The minimum atomic E-state index is -0.0506. The Morgan fingerprint density at radius 2 is 2.16 bits per heavy atom. The van der Waals surface area contributed by atoms with Crippen LogP contribution in [0.3, 0.4) is 0 Å². The molecule has 0 aliphatic carbocycles. The van der Waals surface area contributed by atoms with Crippen LogP contribution in [-0.2, 0) is 4.79 Å². The maximum absolute atomic E-state index is 11.9. The molecule has 0 aliphatic rings. The second-order valence-corrected chi connectivity index (χ2v) is 5.91. The number of rotatable bonds is 4. The number of halogens is 1. The Labute approximate surface area is 129 Å². The summed E-state index contributed by atoms with van der Waals surface area (Å²) in [7, 11) is 0. The molecule has 0 saturated carbocycles. The maximum atomic E-state index is 11.9. The average Bonchev–Trinajstić information content (AvgIpc) is 2.40. The van der Waals surface area contributed by atoms with E-state index < -0.39 is 0 Å². The first-order valence-corrected chi connectivity index (χ1v) is 7.60. The number of thioether (sulfide) groups is 1. The summed E-state index contributed by atoms with van der Waals surface area (Å²) in [6, 6.07) is 9.46. The third kappa shape index (κ3) is 4.10. The van der Waals surface area contributed by atoms with Gasteiger partial charge in [-0.3, -0.25) is 9.78 Å². The molecule has 1 aromatic carbocycles. The molecule has 19 heavy (non-hydrogen) atoms. The first-order chi connectivity index (χ1) is 9.16. The van der Waals surface area contributed by atoms with Gasteiger partial charge in [-0.15, -0.1) is 11.8 Å². The number of hydrogen-bond acceptors (Lipinski definition) is 4. The van der Waals surface area contributed by atoms with E-state index in [4.69, 9.17) is 5.73 Å². The molecule has 0 spiro atoms. The van der Waals surface area contributed by atoms with Gasteiger partial charge in [0.1, 0.15) is 0 Å². The van der Waals surface area contributed by atoms with Crippen molar-refractivity contribution in [2.75, 3.05) is 16.8 Å². The van der Waals surface area contributed by atoms with Crippen LogP contribution in [0.2, 0.25) is 0 Å². The Bertz CT molecular complexity index is 592. The molecule has 0 bridgehead atoms. The minimum absolute atomic E-state index is 0.0506. The number of para-hydroxylation sites is 1. The lowest BCUT2D eigenvalue weighted by Gasteiger charge is -2.07. The zero-order chi connectivity index (χ0) is 13.7. The highest BCUT2D eigenvalue weighted by molar-refractivity contribution is 14.1. The number of aromatic nitrogens is 1. The van der Waals surface area contributed by atoms with Gasteiger partial charge in [-0.1, -0.05) is 12.1 Å². The summed E-state index contributed by atoms with van der Waals surface area (Å²) in [5.41, 5.74) is 7.19. The second-order valence-electron chi connectivity index (χ2n) is 3.73. The quantitative estimate of drug-likeness (QED) is 0.627. The topological polar surface area (TPSA) is 68.0 Å². The van der Waals surface area contributed by atoms with E-state index >= 15 is 0 Å². The van der Waals surface area contributed by atoms with Crippen molar-refractivity contribution in [2.45, 2.75) is 4.90 Å². The van der Waals surface area contributed by atoms with Gasteiger partial charge in [0.2, 0.25) is 5.91 Å². The summed E-state index contributed by atoms with van der Waals surface area (Å²) in [6.07, 6.45) is 3.25. The number of pyridine rings is 1. The van der Waals surface area contributed by atoms with Crippen LogP contribution in [0.4, 0.5) is 11.4 Å². The van der Waals surface area contributed by atoms with E-state index in [0.717, 1.165) is 14.2 Å². The van der Waals surface area contributed by atoms with E-state index in [1.54, 1.807) is 18.5 Å². The summed E-state index contributed by atoms with van der Waals surface area (Å²) in [5, 5.41) is 2.88. The summed E-state index contributed by atoms with van der Waals surface area (Å²) in [4.78, 5) is 16.6. The summed E-state index contributed by atoms with van der Waals surface area (Å²) < 4.78 is 1.02. The normalized spacial score (nSPS) is 10.2. The fourth-order valence-corrected chi connectivity index (χ4v) is 2.67. The third-order valence-corrected chi connectivity index (χ3v) is 4.35. The van der Waals surface area contributed by atoms with Gasteiger partial charge in [0, 0.05) is 14.7 Å². The standard InChI is InChI=1S/C13H12IN3OS/c14-9-3-1-2-4-11(9)17-13(18)8-19-12-5-6-16-7-10(12)15/h1-7H,8,15H2,(H,17,18). The van der Waals surface area contributed by atoms with Crippen molar-refractivity contribution in [3.8, 4) is 0 Å². The van der Waals surface area contributed by atoms with Gasteiger partial charge in [-0.25, -0.2) is 0 Å². The fraction of sp³-hybridized carbons (Fsp3) is 0.0769. The lowest BCUT2D eigenvalue weighted by molar-refractivity contribution is -0.113.